The lowest BCUT2D eigenvalue weighted by molar-refractivity contribution is -0.0191. The van der Waals surface area contributed by atoms with Crippen molar-refractivity contribution in [3.05, 3.63) is 0 Å². The van der Waals surface area contributed by atoms with E-state index < -0.39 is 0 Å². The van der Waals surface area contributed by atoms with Gasteiger partial charge in [-0.25, -0.2) is 0 Å². The maximum atomic E-state index is 8.96. The van der Waals surface area contributed by atoms with E-state index in [1.54, 1.807) is 7.11 Å². The average Bonchev–Trinajstić information content (AvgIpc) is 1.79. The summed E-state index contributed by atoms with van der Waals surface area (Å²) in [4.78, 5) is 0. The monoisotopic (exact) mass is 116 g/mol. The molecule has 1 aliphatic carbocycles. The standard InChI is InChI=1S/C6H12O2/c1-8-4-5-2-3-6(5)7/h5-7H,2-4H2,1H3. The van der Waals surface area contributed by atoms with E-state index in [0.717, 1.165) is 19.4 Å². The maximum Gasteiger partial charge on any atom is 0.0590 e. The topological polar surface area (TPSA) is 29.5 Å². The second-order valence-corrected chi connectivity index (χ2v) is 2.36. The number of ether oxygens (including phenoxy) is 1. The predicted octanol–water partition coefficient (Wildman–Crippen LogP) is 0.404. The lowest BCUT2D eigenvalue weighted by Gasteiger charge is -2.31. The first-order chi connectivity index (χ1) is 3.84. The molecule has 0 aromatic carbocycles. The van der Waals surface area contributed by atoms with Crippen LogP contribution in [0.4, 0.5) is 0 Å². The van der Waals surface area contributed by atoms with Crippen molar-refractivity contribution in [2.75, 3.05) is 13.7 Å². The zero-order valence-electron chi connectivity index (χ0n) is 5.13. The highest BCUT2D eigenvalue weighted by molar-refractivity contribution is 4.78. The molecule has 1 rings (SSSR count). The van der Waals surface area contributed by atoms with Gasteiger partial charge in [0, 0.05) is 13.0 Å². The summed E-state index contributed by atoms with van der Waals surface area (Å²) < 4.78 is 4.86. The average molecular weight is 116 g/mol. The lowest BCUT2D eigenvalue weighted by atomic mass is 9.83. The van der Waals surface area contributed by atoms with E-state index >= 15 is 0 Å². The second-order valence-electron chi connectivity index (χ2n) is 2.36. The molecule has 2 unspecified atom stereocenters. The molecule has 0 amide bonds. The van der Waals surface area contributed by atoms with Gasteiger partial charge in [0.1, 0.15) is 0 Å². The van der Waals surface area contributed by atoms with Crippen molar-refractivity contribution in [3.8, 4) is 0 Å². The Hall–Kier alpha value is -0.0800. The maximum absolute atomic E-state index is 8.96. The van der Waals surface area contributed by atoms with Gasteiger partial charge in [-0.05, 0) is 12.8 Å². The molecule has 1 fully saturated rings. The van der Waals surface area contributed by atoms with Crippen LogP contribution in [0.5, 0.6) is 0 Å². The molecule has 0 spiro atoms. The van der Waals surface area contributed by atoms with E-state index in [1.165, 1.54) is 0 Å². The number of rotatable bonds is 2. The Kier molecular flexibility index (Phi) is 1.86. The molecule has 0 aromatic heterocycles. The first-order valence-corrected chi connectivity index (χ1v) is 3.01. The molecule has 0 bridgehead atoms. The largest absolute Gasteiger partial charge is 0.393 e. The molecule has 8 heavy (non-hydrogen) atoms. The summed E-state index contributed by atoms with van der Waals surface area (Å²) in [5, 5.41) is 8.96. The van der Waals surface area contributed by atoms with Crippen LogP contribution in [-0.4, -0.2) is 24.9 Å². The molecular formula is C6H12O2. The van der Waals surface area contributed by atoms with E-state index in [2.05, 4.69) is 0 Å². The molecule has 2 heteroatoms. The normalized spacial score (nSPS) is 36.8. The Morgan fingerprint density at radius 1 is 1.62 bits per heavy atom. The Morgan fingerprint density at radius 2 is 2.38 bits per heavy atom. The predicted molar refractivity (Wildman–Crippen MR) is 30.6 cm³/mol. The van der Waals surface area contributed by atoms with Crippen molar-refractivity contribution in [1.82, 2.24) is 0 Å². The van der Waals surface area contributed by atoms with Crippen molar-refractivity contribution < 1.29 is 9.84 Å². The van der Waals surface area contributed by atoms with Crippen LogP contribution in [0, 0.1) is 5.92 Å². The molecule has 0 aliphatic heterocycles. The number of aliphatic hydroxyl groups is 1. The summed E-state index contributed by atoms with van der Waals surface area (Å²) in [7, 11) is 1.67. The summed E-state index contributed by atoms with van der Waals surface area (Å²) in [6.07, 6.45) is 2.03. The van der Waals surface area contributed by atoms with E-state index in [9.17, 15) is 0 Å². The van der Waals surface area contributed by atoms with E-state index in [-0.39, 0.29) is 6.10 Å². The first-order valence-electron chi connectivity index (χ1n) is 3.01. The van der Waals surface area contributed by atoms with Gasteiger partial charge in [-0.1, -0.05) is 0 Å². The molecule has 2 nitrogen and oxygen atoms in total. The van der Waals surface area contributed by atoms with Crippen molar-refractivity contribution in [2.24, 2.45) is 5.92 Å². The summed E-state index contributed by atoms with van der Waals surface area (Å²) in [5.41, 5.74) is 0. The minimum Gasteiger partial charge on any atom is -0.393 e. The Balaban J connectivity index is 2.08. The van der Waals surface area contributed by atoms with Gasteiger partial charge in [-0.3, -0.25) is 0 Å². The van der Waals surface area contributed by atoms with Gasteiger partial charge < -0.3 is 9.84 Å². The number of aliphatic hydroxyl groups excluding tert-OH is 1. The van der Waals surface area contributed by atoms with Crippen LogP contribution < -0.4 is 0 Å². The molecule has 1 saturated carbocycles. The third-order valence-electron chi connectivity index (χ3n) is 1.76. The molecule has 0 saturated heterocycles. The highest BCUT2D eigenvalue weighted by Gasteiger charge is 2.27. The molecule has 2 atom stereocenters. The van der Waals surface area contributed by atoms with Crippen LogP contribution in [0.15, 0.2) is 0 Å². The number of methoxy groups -OCH3 is 1. The van der Waals surface area contributed by atoms with Crippen LogP contribution in [0.25, 0.3) is 0 Å². The minimum absolute atomic E-state index is 0.0741. The molecule has 48 valence electrons. The zero-order valence-corrected chi connectivity index (χ0v) is 5.13. The van der Waals surface area contributed by atoms with Crippen LogP contribution in [0.1, 0.15) is 12.8 Å². The zero-order chi connectivity index (χ0) is 5.98. The summed E-state index contributed by atoms with van der Waals surface area (Å²) in [5.74, 6) is 0.431. The van der Waals surface area contributed by atoms with E-state index in [4.69, 9.17) is 9.84 Å². The minimum atomic E-state index is -0.0741. The van der Waals surface area contributed by atoms with Crippen molar-refractivity contribution in [3.63, 3.8) is 0 Å². The van der Waals surface area contributed by atoms with Crippen LogP contribution in [0.2, 0.25) is 0 Å². The fraction of sp³-hybridized carbons (Fsp3) is 1.00. The van der Waals surface area contributed by atoms with Gasteiger partial charge >= 0.3 is 0 Å². The quantitative estimate of drug-likeness (QED) is 0.566. The Labute approximate surface area is 49.5 Å². The van der Waals surface area contributed by atoms with Crippen LogP contribution >= 0.6 is 0 Å². The number of hydrogen-bond acceptors (Lipinski definition) is 2. The summed E-state index contributed by atoms with van der Waals surface area (Å²) >= 11 is 0. The summed E-state index contributed by atoms with van der Waals surface area (Å²) in [6, 6.07) is 0. The van der Waals surface area contributed by atoms with Gasteiger partial charge in [-0.15, -0.1) is 0 Å². The molecule has 0 heterocycles. The van der Waals surface area contributed by atoms with E-state index in [1.807, 2.05) is 0 Å². The van der Waals surface area contributed by atoms with Gasteiger partial charge in [0.2, 0.25) is 0 Å². The Bertz CT molecular complexity index is 72.9. The van der Waals surface area contributed by atoms with E-state index in [0.29, 0.717) is 5.92 Å². The highest BCUT2D eigenvalue weighted by Crippen LogP contribution is 2.26. The van der Waals surface area contributed by atoms with Crippen molar-refractivity contribution in [1.29, 1.82) is 0 Å². The third kappa shape index (κ3) is 1.01. The fourth-order valence-electron chi connectivity index (χ4n) is 0.960. The second kappa shape index (κ2) is 2.46. The summed E-state index contributed by atoms with van der Waals surface area (Å²) in [6.45, 7) is 0.723. The molecular weight excluding hydrogens is 104 g/mol. The van der Waals surface area contributed by atoms with Gasteiger partial charge in [0.15, 0.2) is 0 Å². The van der Waals surface area contributed by atoms with Gasteiger partial charge in [-0.2, -0.15) is 0 Å². The molecule has 1 aliphatic rings. The van der Waals surface area contributed by atoms with Crippen molar-refractivity contribution in [2.45, 2.75) is 18.9 Å². The first kappa shape index (κ1) is 6.05. The molecule has 1 N–H and O–H groups in total. The smallest absolute Gasteiger partial charge is 0.0590 e. The van der Waals surface area contributed by atoms with Crippen molar-refractivity contribution >= 4 is 0 Å². The highest BCUT2D eigenvalue weighted by atomic mass is 16.5. The molecule has 0 radical (unpaired) electrons. The van der Waals surface area contributed by atoms with Gasteiger partial charge in [0.05, 0.1) is 12.7 Å². The van der Waals surface area contributed by atoms with Crippen LogP contribution in [0.3, 0.4) is 0 Å². The number of hydrogen-bond donors (Lipinski definition) is 1. The fourth-order valence-corrected chi connectivity index (χ4v) is 0.960. The lowest BCUT2D eigenvalue weighted by Crippen LogP contribution is -2.34. The Morgan fingerprint density at radius 3 is 2.50 bits per heavy atom. The molecule has 0 aromatic rings. The van der Waals surface area contributed by atoms with Gasteiger partial charge in [0.25, 0.3) is 0 Å². The van der Waals surface area contributed by atoms with Crippen LogP contribution in [-0.2, 0) is 4.74 Å². The third-order valence-corrected chi connectivity index (χ3v) is 1.76. The SMILES string of the molecule is COCC1CCC1O.